The maximum absolute atomic E-state index is 12.6. The molecule has 2 aromatic carbocycles. The van der Waals surface area contributed by atoms with E-state index in [1.807, 2.05) is 6.07 Å². The SMILES string of the molecule is C[C@H](Br)C(NS(=O)(=O)c1ccc(C(F)(F)F)cc1)c1ccccc1. The molecule has 130 valence electrons. The zero-order valence-electron chi connectivity index (χ0n) is 12.6. The Bertz CT molecular complexity index is 775. The molecular formula is C16H15BrF3NO2S. The Labute approximate surface area is 147 Å². The van der Waals surface area contributed by atoms with Gasteiger partial charge in [0.2, 0.25) is 10.0 Å². The molecule has 0 amide bonds. The maximum Gasteiger partial charge on any atom is 0.416 e. The highest BCUT2D eigenvalue weighted by molar-refractivity contribution is 9.09. The minimum atomic E-state index is -4.51. The van der Waals surface area contributed by atoms with Crippen LogP contribution in [0, 0.1) is 0 Å². The van der Waals surface area contributed by atoms with E-state index in [1.165, 1.54) is 0 Å². The molecule has 0 saturated heterocycles. The normalized spacial score (nSPS) is 15.0. The number of hydrogen-bond donors (Lipinski definition) is 1. The van der Waals surface area contributed by atoms with Crippen molar-refractivity contribution in [2.45, 2.75) is 28.9 Å². The van der Waals surface area contributed by atoms with E-state index in [9.17, 15) is 21.6 Å². The van der Waals surface area contributed by atoms with Crippen LogP contribution in [0.4, 0.5) is 13.2 Å². The van der Waals surface area contributed by atoms with Crippen LogP contribution in [0.25, 0.3) is 0 Å². The fourth-order valence-corrected chi connectivity index (χ4v) is 4.06. The number of rotatable bonds is 5. The number of hydrogen-bond acceptors (Lipinski definition) is 2. The van der Waals surface area contributed by atoms with Gasteiger partial charge in [-0.25, -0.2) is 13.1 Å². The Morgan fingerprint density at radius 1 is 1.00 bits per heavy atom. The molecule has 0 aliphatic heterocycles. The van der Waals surface area contributed by atoms with Crippen LogP contribution in [0.1, 0.15) is 24.1 Å². The molecule has 0 aliphatic rings. The molecular weight excluding hydrogens is 407 g/mol. The molecule has 24 heavy (non-hydrogen) atoms. The van der Waals surface area contributed by atoms with Crippen molar-refractivity contribution in [3.8, 4) is 0 Å². The lowest BCUT2D eigenvalue weighted by atomic mass is 10.1. The van der Waals surface area contributed by atoms with Gasteiger partial charge in [-0.15, -0.1) is 0 Å². The first-order chi connectivity index (χ1) is 11.1. The summed E-state index contributed by atoms with van der Waals surface area (Å²) in [5.41, 5.74) is -0.146. The summed E-state index contributed by atoms with van der Waals surface area (Å²) in [4.78, 5) is -0.436. The smallest absolute Gasteiger partial charge is 0.207 e. The van der Waals surface area contributed by atoms with E-state index < -0.39 is 27.8 Å². The van der Waals surface area contributed by atoms with Crippen molar-refractivity contribution < 1.29 is 21.6 Å². The summed E-state index contributed by atoms with van der Waals surface area (Å²) in [6.07, 6.45) is -4.51. The Morgan fingerprint density at radius 2 is 1.54 bits per heavy atom. The van der Waals surface area contributed by atoms with E-state index in [0.717, 1.165) is 29.8 Å². The maximum atomic E-state index is 12.6. The Morgan fingerprint density at radius 3 is 2.00 bits per heavy atom. The van der Waals surface area contributed by atoms with Gasteiger partial charge in [0, 0.05) is 4.83 Å². The Balaban J connectivity index is 2.29. The number of nitrogens with one attached hydrogen (secondary N) is 1. The summed E-state index contributed by atoms with van der Waals surface area (Å²) in [5.74, 6) is 0. The van der Waals surface area contributed by atoms with Gasteiger partial charge in [0.05, 0.1) is 16.5 Å². The third-order valence-electron chi connectivity index (χ3n) is 3.39. The van der Waals surface area contributed by atoms with E-state index in [4.69, 9.17) is 0 Å². The van der Waals surface area contributed by atoms with E-state index >= 15 is 0 Å². The van der Waals surface area contributed by atoms with Crippen molar-refractivity contribution in [3.05, 3.63) is 65.7 Å². The average molecular weight is 422 g/mol. The van der Waals surface area contributed by atoms with Gasteiger partial charge in [-0.1, -0.05) is 53.2 Å². The fraction of sp³-hybridized carbons (Fsp3) is 0.250. The summed E-state index contributed by atoms with van der Waals surface area (Å²) >= 11 is 3.36. The molecule has 2 rings (SSSR count). The van der Waals surface area contributed by atoms with Gasteiger partial charge in [0.15, 0.2) is 0 Å². The first-order valence-corrected chi connectivity index (χ1v) is 9.40. The Hall–Kier alpha value is -1.38. The first-order valence-electron chi connectivity index (χ1n) is 7.00. The van der Waals surface area contributed by atoms with Crippen LogP contribution in [-0.2, 0) is 16.2 Å². The van der Waals surface area contributed by atoms with Crippen LogP contribution in [0.3, 0.4) is 0 Å². The molecule has 1 N–H and O–H groups in total. The highest BCUT2D eigenvalue weighted by Gasteiger charge is 2.31. The molecule has 0 heterocycles. The largest absolute Gasteiger partial charge is 0.416 e. The first kappa shape index (κ1) is 19.0. The van der Waals surface area contributed by atoms with E-state index in [-0.39, 0.29) is 9.72 Å². The van der Waals surface area contributed by atoms with Crippen LogP contribution < -0.4 is 4.72 Å². The van der Waals surface area contributed by atoms with Crippen molar-refractivity contribution in [1.29, 1.82) is 0 Å². The molecule has 2 aromatic rings. The third kappa shape index (κ3) is 4.58. The minimum Gasteiger partial charge on any atom is -0.207 e. The lowest BCUT2D eigenvalue weighted by Gasteiger charge is -2.22. The number of benzene rings is 2. The molecule has 8 heteroatoms. The fourth-order valence-electron chi connectivity index (χ4n) is 2.15. The number of halogens is 4. The van der Waals surface area contributed by atoms with Crippen LogP contribution >= 0.6 is 15.9 Å². The van der Waals surface area contributed by atoms with Gasteiger partial charge in [-0.2, -0.15) is 13.2 Å². The predicted molar refractivity (Wildman–Crippen MR) is 89.3 cm³/mol. The molecule has 0 bridgehead atoms. The van der Waals surface area contributed by atoms with Crippen LogP contribution in [0.5, 0.6) is 0 Å². The van der Waals surface area contributed by atoms with Crippen molar-refractivity contribution >= 4 is 26.0 Å². The van der Waals surface area contributed by atoms with E-state index in [2.05, 4.69) is 20.7 Å². The van der Waals surface area contributed by atoms with Crippen molar-refractivity contribution in [2.75, 3.05) is 0 Å². The van der Waals surface area contributed by atoms with E-state index in [0.29, 0.717) is 0 Å². The topological polar surface area (TPSA) is 46.2 Å². The zero-order valence-corrected chi connectivity index (χ0v) is 15.0. The highest BCUT2D eigenvalue weighted by atomic mass is 79.9. The molecule has 2 atom stereocenters. The van der Waals surface area contributed by atoms with E-state index in [1.54, 1.807) is 31.2 Å². The highest BCUT2D eigenvalue weighted by Crippen LogP contribution is 2.30. The Kier molecular flexibility index (Phi) is 5.72. The standard InChI is InChI=1S/C16H15BrF3NO2S/c1-11(17)15(12-5-3-2-4-6-12)21-24(22,23)14-9-7-13(8-10-14)16(18,19)20/h2-11,15,21H,1H3/t11-,15?/m0/s1. The summed E-state index contributed by atoms with van der Waals surface area (Å²) < 4.78 is 65.2. The summed E-state index contributed by atoms with van der Waals surface area (Å²) in [6, 6.07) is 11.8. The quantitative estimate of drug-likeness (QED) is 0.721. The zero-order chi connectivity index (χ0) is 18.0. The molecule has 0 radical (unpaired) electrons. The predicted octanol–water partition coefficient (Wildman–Crippen LogP) is 4.51. The van der Waals surface area contributed by atoms with Crippen molar-refractivity contribution in [3.63, 3.8) is 0 Å². The van der Waals surface area contributed by atoms with Gasteiger partial charge in [-0.3, -0.25) is 0 Å². The number of alkyl halides is 4. The summed E-state index contributed by atoms with van der Waals surface area (Å²) in [7, 11) is -3.96. The molecule has 0 spiro atoms. The number of sulfonamides is 1. The minimum absolute atomic E-state index is 0.218. The van der Waals surface area contributed by atoms with Gasteiger partial charge in [0.1, 0.15) is 0 Å². The van der Waals surface area contributed by atoms with Crippen molar-refractivity contribution in [1.82, 2.24) is 4.72 Å². The van der Waals surface area contributed by atoms with Gasteiger partial charge >= 0.3 is 6.18 Å². The van der Waals surface area contributed by atoms with Crippen molar-refractivity contribution in [2.24, 2.45) is 0 Å². The molecule has 0 aromatic heterocycles. The monoisotopic (exact) mass is 421 g/mol. The summed E-state index contributed by atoms with van der Waals surface area (Å²) in [6.45, 7) is 1.78. The molecule has 0 fully saturated rings. The van der Waals surface area contributed by atoms with Crippen LogP contribution in [0.2, 0.25) is 0 Å². The summed E-state index contributed by atoms with van der Waals surface area (Å²) in [5, 5.41) is 0. The second-order valence-corrected chi connectivity index (χ2v) is 8.37. The average Bonchev–Trinajstić information content (AvgIpc) is 2.52. The molecule has 0 aliphatic carbocycles. The van der Waals surface area contributed by atoms with Gasteiger partial charge in [-0.05, 0) is 29.8 Å². The molecule has 3 nitrogen and oxygen atoms in total. The molecule has 0 saturated carbocycles. The third-order valence-corrected chi connectivity index (χ3v) is 5.38. The lowest BCUT2D eigenvalue weighted by Crippen LogP contribution is -2.33. The van der Waals surface area contributed by atoms with Gasteiger partial charge in [0.25, 0.3) is 0 Å². The lowest BCUT2D eigenvalue weighted by molar-refractivity contribution is -0.137. The van der Waals surface area contributed by atoms with Crippen LogP contribution in [0.15, 0.2) is 59.5 Å². The van der Waals surface area contributed by atoms with Crippen LogP contribution in [-0.4, -0.2) is 13.2 Å². The molecule has 1 unspecified atom stereocenters. The second-order valence-electron chi connectivity index (χ2n) is 5.21. The second kappa shape index (κ2) is 7.25. The van der Waals surface area contributed by atoms with Gasteiger partial charge < -0.3 is 0 Å².